The van der Waals surface area contributed by atoms with Crippen molar-refractivity contribution in [3.63, 3.8) is 0 Å². The van der Waals surface area contributed by atoms with Gasteiger partial charge in [0.05, 0.1) is 12.5 Å². The second-order valence-corrected chi connectivity index (χ2v) is 8.03. The fraction of sp³-hybridized carbons (Fsp3) is 0.400. The molecule has 4 rings (SSSR count). The molecule has 0 bridgehead atoms. The highest BCUT2D eigenvalue weighted by molar-refractivity contribution is 9.10. The maximum atomic E-state index is 13.0. The first kappa shape index (κ1) is 18.9. The molecule has 1 aromatic heterocycles. The lowest BCUT2D eigenvalue weighted by molar-refractivity contribution is -0.138. The Hall–Kier alpha value is -2.48. The van der Waals surface area contributed by atoms with Crippen molar-refractivity contribution in [2.24, 2.45) is 5.92 Å². The van der Waals surface area contributed by atoms with Crippen LogP contribution in [-0.4, -0.2) is 52.6 Å². The number of halogens is 1. The highest BCUT2D eigenvalue weighted by atomic mass is 79.9. The van der Waals surface area contributed by atoms with Crippen molar-refractivity contribution < 1.29 is 14.3 Å². The number of aromatic nitrogens is 2. The molecule has 2 aliphatic heterocycles. The van der Waals surface area contributed by atoms with Gasteiger partial charge in [-0.1, -0.05) is 22.0 Å². The van der Waals surface area contributed by atoms with E-state index in [0.29, 0.717) is 25.5 Å². The van der Waals surface area contributed by atoms with Gasteiger partial charge in [-0.25, -0.2) is 0 Å². The normalized spacial score (nSPS) is 22.4. The quantitative estimate of drug-likeness (QED) is 0.724. The van der Waals surface area contributed by atoms with E-state index in [1.165, 1.54) is 0 Å². The number of anilines is 1. The van der Waals surface area contributed by atoms with E-state index < -0.39 is 0 Å². The van der Waals surface area contributed by atoms with Crippen LogP contribution in [0.15, 0.2) is 47.1 Å². The molecule has 8 heteroatoms. The van der Waals surface area contributed by atoms with Gasteiger partial charge in [0, 0.05) is 41.9 Å². The summed E-state index contributed by atoms with van der Waals surface area (Å²) in [5.41, 5.74) is 0.817. The smallest absolute Gasteiger partial charge is 0.233 e. The molecule has 1 aromatic carbocycles. The fourth-order valence-corrected chi connectivity index (χ4v) is 4.17. The minimum Gasteiger partial charge on any atom is -0.471 e. The van der Waals surface area contributed by atoms with Crippen molar-refractivity contribution in [3.8, 4) is 5.88 Å². The predicted molar refractivity (Wildman–Crippen MR) is 107 cm³/mol. The van der Waals surface area contributed by atoms with Crippen LogP contribution in [-0.2, 0) is 9.59 Å². The second kappa shape index (κ2) is 8.26. The molecule has 2 aliphatic rings. The van der Waals surface area contributed by atoms with Crippen LogP contribution in [0.4, 0.5) is 5.69 Å². The molecule has 0 saturated carbocycles. The van der Waals surface area contributed by atoms with Crippen LogP contribution in [0.25, 0.3) is 0 Å². The first-order chi connectivity index (χ1) is 13.6. The van der Waals surface area contributed by atoms with Gasteiger partial charge in [-0.05, 0) is 37.1 Å². The van der Waals surface area contributed by atoms with Crippen molar-refractivity contribution >= 4 is 33.4 Å². The van der Waals surface area contributed by atoms with Crippen molar-refractivity contribution in [1.82, 2.24) is 15.1 Å². The van der Waals surface area contributed by atoms with Gasteiger partial charge in [0.2, 0.25) is 17.7 Å². The molecule has 0 N–H and O–H groups in total. The monoisotopic (exact) mass is 444 g/mol. The van der Waals surface area contributed by atoms with Gasteiger partial charge in [-0.2, -0.15) is 5.10 Å². The Balaban J connectivity index is 1.39. The number of piperidine rings is 1. The summed E-state index contributed by atoms with van der Waals surface area (Å²) in [7, 11) is 0. The number of nitrogens with zero attached hydrogens (tertiary/aromatic N) is 4. The Morgan fingerprint density at radius 2 is 2.11 bits per heavy atom. The van der Waals surface area contributed by atoms with Crippen LogP contribution in [0.5, 0.6) is 5.88 Å². The molecule has 7 nitrogen and oxygen atoms in total. The summed E-state index contributed by atoms with van der Waals surface area (Å²) >= 11 is 3.43. The maximum Gasteiger partial charge on any atom is 0.233 e. The van der Waals surface area contributed by atoms with E-state index in [2.05, 4.69) is 26.1 Å². The molecule has 28 heavy (non-hydrogen) atoms. The Morgan fingerprint density at radius 1 is 1.21 bits per heavy atom. The topological polar surface area (TPSA) is 75.6 Å². The molecule has 3 heterocycles. The van der Waals surface area contributed by atoms with E-state index in [0.717, 1.165) is 23.0 Å². The number of carbonyl (C=O) groups is 2. The molecule has 2 fully saturated rings. The van der Waals surface area contributed by atoms with Crippen LogP contribution in [0, 0.1) is 5.92 Å². The molecule has 0 spiro atoms. The third-order valence-corrected chi connectivity index (χ3v) is 5.61. The second-order valence-electron chi connectivity index (χ2n) is 7.11. The summed E-state index contributed by atoms with van der Waals surface area (Å²) in [6, 6.07) is 11.1. The number of carbonyl (C=O) groups excluding carboxylic acids is 2. The van der Waals surface area contributed by atoms with Gasteiger partial charge in [-0.15, -0.1) is 5.10 Å². The molecule has 2 amide bonds. The molecular weight excluding hydrogens is 424 g/mol. The average Bonchev–Trinajstić information content (AvgIpc) is 3.10. The van der Waals surface area contributed by atoms with Crippen LogP contribution in [0.2, 0.25) is 0 Å². The van der Waals surface area contributed by atoms with Crippen LogP contribution in [0.3, 0.4) is 0 Å². The van der Waals surface area contributed by atoms with Crippen LogP contribution >= 0.6 is 15.9 Å². The van der Waals surface area contributed by atoms with Gasteiger partial charge >= 0.3 is 0 Å². The Kier molecular flexibility index (Phi) is 5.57. The molecule has 2 atom stereocenters. The molecule has 2 saturated heterocycles. The summed E-state index contributed by atoms with van der Waals surface area (Å²) in [6.45, 7) is 1.62. The predicted octanol–water partition coefficient (Wildman–Crippen LogP) is 2.66. The number of hydrogen-bond donors (Lipinski definition) is 0. The lowest BCUT2D eigenvalue weighted by Gasteiger charge is -2.34. The van der Waals surface area contributed by atoms with Crippen molar-refractivity contribution in [2.75, 3.05) is 24.5 Å². The molecule has 2 unspecified atom stereocenters. The highest BCUT2D eigenvalue weighted by Crippen LogP contribution is 2.29. The number of ether oxygens (including phenoxy) is 1. The van der Waals surface area contributed by atoms with E-state index in [9.17, 15) is 9.59 Å². The summed E-state index contributed by atoms with van der Waals surface area (Å²) in [5, 5.41) is 7.77. The Bertz CT molecular complexity index is 864. The third-order valence-electron chi connectivity index (χ3n) is 5.12. The number of amides is 2. The standard InChI is InChI=1S/C20H21BrN4O3/c21-15-4-1-5-16(11-15)25-12-14(10-19(25)26)20(27)24-9-3-6-17(13-24)28-18-7-2-8-22-23-18/h1-2,4-5,7-8,11,14,17H,3,6,9-10,12-13H2. The SMILES string of the molecule is O=C(C1CC(=O)N(c2cccc(Br)c2)C1)N1CCCC(Oc2cccnn2)C1. The van der Waals surface area contributed by atoms with Gasteiger partial charge in [0.15, 0.2) is 0 Å². The van der Waals surface area contributed by atoms with E-state index in [1.807, 2.05) is 29.2 Å². The first-order valence-corrected chi connectivity index (χ1v) is 10.2. The largest absolute Gasteiger partial charge is 0.471 e. The Morgan fingerprint density at radius 3 is 2.89 bits per heavy atom. The summed E-state index contributed by atoms with van der Waals surface area (Å²) in [5.74, 6) is 0.166. The number of rotatable bonds is 4. The fourth-order valence-electron chi connectivity index (χ4n) is 3.78. The highest BCUT2D eigenvalue weighted by Gasteiger charge is 2.38. The summed E-state index contributed by atoms with van der Waals surface area (Å²) in [6.07, 6.45) is 3.48. The number of hydrogen-bond acceptors (Lipinski definition) is 5. The van der Waals surface area contributed by atoms with E-state index in [-0.39, 0.29) is 30.3 Å². The average molecular weight is 445 g/mol. The molecule has 2 aromatic rings. The van der Waals surface area contributed by atoms with E-state index in [4.69, 9.17) is 4.74 Å². The lowest BCUT2D eigenvalue weighted by Crippen LogP contribution is -2.47. The van der Waals surface area contributed by atoms with Crippen molar-refractivity contribution in [1.29, 1.82) is 0 Å². The van der Waals surface area contributed by atoms with E-state index in [1.54, 1.807) is 23.2 Å². The number of likely N-dealkylation sites (tertiary alicyclic amines) is 1. The maximum absolute atomic E-state index is 13.0. The van der Waals surface area contributed by atoms with Gasteiger partial charge in [0.25, 0.3) is 0 Å². The lowest BCUT2D eigenvalue weighted by atomic mass is 10.0. The van der Waals surface area contributed by atoms with Crippen LogP contribution in [0.1, 0.15) is 19.3 Å². The molecule has 0 radical (unpaired) electrons. The minimum absolute atomic E-state index is 0.0131. The first-order valence-electron chi connectivity index (χ1n) is 9.39. The van der Waals surface area contributed by atoms with Gasteiger partial charge in [-0.3, -0.25) is 9.59 Å². The van der Waals surface area contributed by atoms with E-state index >= 15 is 0 Å². The zero-order valence-electron chi connectivity index (χ0n) is 15.3. The molecule has 0 aliphatic carbocycles. The molecular formula is C20H21BrN4O3. The Labute approximate surface area is 171 Å². The zero-order valence-corrected chi connectivity index (χ0v) is 16.9. The van der Waals surface area contributed by atoms with Crippen molar-refractivity contribution in [2.45, 2.75) is 25.4 Å². The molecule has 146 valence electrons. The van der Waals surface area contributed by atoms with Crippen molar-refractivity contribution in [3.05, 3.63) is 47.1 Å². The summed E-state index contributed by atoms with van der Waals surface area (Å²) < 4.78 is 6.78. The summed E-state index contributed by atoms with van der Waals surface area (Å²) in [4.78, 5) is 29.1. The minimum atomic E-state index is -0.318. The number of benzene rings is 1. The van der Waals surface area contributed by atoms with Gasteiger partial charge < -0.3 is 14.5 Å². The van der Waals surface area contributed by atoms with Gasteiger partial charge in [0.1, 0.15) is 6.10 Å². The third kappa shape index (κ3) is 4.16. The zero-order chi connectivity index (χ0) is 19.5. The van der Waals surface area contributed by atoms with Crippen LogP contribution < -0.4 is 9.64 Å².